The number of aromatic nitrogens is 1. The highest BCUT2D eigenvalue weighted by molar-refractivity contribution is 9.10. The fourth-order valence-electron chi connectivity index (χ4n) is 1.88. The van der Waals surface area contributed by atoms with Gasteiger partial charge in [-0.15, -0.1) is 0 Å². The third-order valence-electron chi connectivity index (χ3n) is 2.72. The van der Waals surface area contributed by atoms with Crippen LogP contribution in [0.1, 0.15) is 24.6 Å². The van der Waals surface area contributed by atoms with Gasteiger partial charge in [0.05, 0.1) is 0 Å². The normalized spacial score (nSPS) is 10.6. The van der Waals surface area contributed by atoms with Crippen molar-refractivity contribution in [3.05, 3.63) is 51.9 Å². The Morgan fingerprint density at radius 2 is 2.05 bits per heavy atom. The molecule has 20 heavy (non-hydrogen) atoms. The van der Waals surface area contributed by atoms with Gasteiger partial charge in [-0.05, 0) is 30.2 Å². The molecule has 2 N–H and O–H groups in total. The molecule has 0 saturated heterocycles. The van der Waals surface area contributed by atoms with Crippen molar-refractivity contribution < 1.29 is 9.13 Å². The molecule has 0 aliphatic heterocycles. The SMILES string of the molecule is CCCc1cc(CN)cc(Oc2cc(F)cc(Br)c2)n1. The maximum atomic E-state index is 13.3. The van der Waals surface area contributed by atoms with Crippen LogP contribution in [0.2, 0.25) is 0 Å². The number of rotatable bonds is 5. The molecule has 2 aromatic rings. The Morgan fingerprint density at radius 1 is 1.25 bits per heavy atom. The molecule has 0 bridgehead atoms. The van der Waals surface area contributed by atoms with Gasteiger partial charge in [0.2, 0.25) is 5.88 Å². The number of ether oxygens (including phenoxy) is 1. The summed E-state index contributed by atoms with van der Waals surface area (Å²) in [6.07, 6.45) is 1.85. The summed E-state index contributed by atoms with van der Waals surface area (Å²) in [4.78, 5) is 4.41. The lowest BCUT2D eigenvalue weighted by atomic mass is 10.1. The summed E-state index contributed by atoms with van der Waals surface area (Å²) in [5, 5.41) is 0. The van der Waals surface area contributed by atoms with E-state index in [4.69, 9.17) is 10.5 Å². The van der Waals surface area contributed by atoms with Crippen LogP contribution in [0.25, 0.3) is 0 Å². The minimum atomic E-state index is -0.363. The van der Waals surface area contributed by atoms with Gasteiger partial charge in [0, 0.05) is 28.8 Å². The van der Waals surface area contributed by atoms with E-state index in [0.717, 1.165) is 24.1 Å². The summed E-state index contributed by atoms with van der Waals surface area (Å²) in [7, 11) is 0. The molecule has 0 unspecified atom stereocenters. The maximum Gasteiger partial charge on any atom is 0.219 e. The van der Waals surface area contributed by atoms with E-state index in [2.05, 4.69) is 27.8 Å². The van der Waals surface area contributed by atoms with E-state index in [-0.39, 0.29) is 5.82 Å². The highest BCUT2D eigenvalue weighted by Gasteiger charge is 2.06. The van der Waals surface area contributed by atoms with Gasteiger partial charge in [0.15, 0.2) is 0 Å². The molecule has 0 aliphatic rings. The van der Waals surface area contributed by atoms with Crippen LogP contribution in [0.4, 0.5) is 4.39 Å². The Bertz CT molecular complexity index is 584. The third-order valence-corrected chi connectivity index (χ3v) is 3.17. The van der Waals surface area contributed by atoms with Crippen LogP contribution in [0.5, 0.6) is 11.6 Å². The predicted octanol–water partition coefficient (Wildman–Crippen LogP) is 4.19. The van der Waals surface area contributed by atoms with Crippen LogP contribution in [-0.4, -0.2) is 4.98 Å². The van der Waals surface area contributed by atoms with Crippen LogP contribution < -0.4 is 10.5 Å². The first-order chi connectivity index (χ1) is 9.60. The van der Waals surface area contributed by atoms with Crippen molar-refractivity contribution in [1.82, 2.24) is 4.98 Å². The number of nitrogens with two attached hydrogens (primary N) is 1. The van der Waals surface area contributed by atoms with Gasteiger partial charge in [-0.2, -0.15) is 0 Å². The Balaban J connectivity index is 2.29. The molecule has 1 aromatic carbocycles. The van der Waals surface area contributed by atoms with Crippen molar-refractivity contribution in [2.24, 2.45) is 5.73 Å². The van der Waals surface area contributed by atoms with Gasteiger partial charge in [-0.3, -0.25) is 0 Å². The van der Waals surface area contributed by atoms with Crippen LogP contribution >= 0.6 is 15.9 Å². The molecular weight excluding hydrogens is 323 g/mol. The number of hydrogen-bond donors (Lipinski definition) is 1. The first-order valence-electron chi connectivity index (χ1n) is 6.44. The summed E-state index contributed by atoms with van der Waals surface area (Å²) in [5.74, 6) is 0.480. The van der Waals surface area contributed by atoms with E-state index in [1.807, 2.05) is 6.07 Å². The molecule has 2 rings (SSSR count). The zero-order valence-electron chi connectivity index (χ0n) is 11.2. The molecule has 0 amide bonds. The number of halogens is 2. The van der Waals surface area contributed by atoms with E-state index < -0.39 is 0 Å². The third kappa shape index (κ3) is 4.02. The van der Waals surface area contributed by atoms with Gasteiger partial charge in [0.25, 0.3) is 0 Å². The summed E-state index contributed by atoms with van der Waals surface area (Å²) in [5.41, 5.74) is 7.56. The second kappa shape index (κ2) is 6.81. The zero-order valence-corrected chi connectivity index (χ0v) is 12.8. The van der Waals surface area contributed by atoms with Crippen LogP contribution in [-0.2, 0) is 13.0 Å². The van der Waals surface area contributed by atoms with Gasteiger partial charge in [-0.1, -0.05) is 29.3 Å². The molecular formula is C15H16BrFN2O. The first-order valence-corrected chi connectivity index (χ1v) is 7.24. The molecule has 0 fully saturated rings. The summed E-state index contributed by atoms with van der Waals surface area (Å²) in [6.45, 7) is 2.50. The van der Waals surface area contributed by atoms with Gasteiger partial charge >= 0.3 is 0 Å². The molecule has 1 aromatic heterocycles. The minimum absolute atomic E-state index is 0.363. The lowest BCUT2D eigenvalue weighted by molar-refractivity contribution is 0.454. The second-order valence-electron chi connectivity index (χ2n) is 4.47. The summed E-state index contributed by atoms with van der Waals surface area (Å²) < 4.78 is 19.6. The highest BCUT2D eigenvalue weighted by atomic mass is 79.9. The monoisotopic (exact) mass is 338 g/mol. The molecule has 0 atom stereocenters. The number of benzene rings is 1. The highest BCUT2D eigenvalue weighted by Crippen LogP contribution is 2.26. The van der Waals surface area contributed by atoms with Gasteiger partial charge in [0.1, 0.15) is 11.6 Å². The van der Waals surface area contributed by atoms with Crippen molar-refractivity contribution in [3.8, 4) is 11.6 Å². The van der Waals surface area contributed by atoms with Crippen molar-refractivity contribution in [3.63, 3.8) is 0 Å². The standard InChI is InChI=1S/C15H16BrFN2O/c1-2-3-13-4-10(9-18)5-15(19-13)20-14-7-11(16)6-12(17)8-14/h4-8H,2-3,9,18H2,1H3. The molecule has 106 valence electrons. The van der Waals surface area contributed by atoms with Crippen LogP contribution in [0.15, 0.2) is 34.8 Å². The smallest absolute Gasteiger partial charge is 0.219 e. The fourth-order valence-corrected chi connectivity index (χ4v) is 2.33. The first kappa shape index (κ1) is 14.9. The lowest BCUT2D eigenvalue weighted by Gasteiger charge is -2.09. The molecule has 0 spiro atoms. The number of aryl methyl sites for hydroxylation is 1. The van der Waals surface area contributed by atoms with E-state index in [9.17, 15) is 4.39 Å². The summed E-state index contributed by atoms with van der Waals surface area (Å²) >= 11 is 3.23. The number of pyridine rings is 1. The number of hydrogen-bond acceptors (Lipinski definition) is 3. The van der Waals surface area contributed by atoms with Crippen molar-refractivity contribution in [1.29, 1.82) is 0 Å². The van der Waals surface area contributed by atoms with E-state index >= 15 is 0 Å². The Labute approximate surface area is 126 Å². The minimum Gasteiger partial charge on any atom is -0.439 e. The molecule has 0 aliphatic carbocycles. The molecule has 0 saturated carbocycles. The van der Waals surface area contributed by atoms with Gasteiger partial charge in [-0.25, -0.2) is 9.37 Å². The Morgan fingerprint density at radius 3 is 2.70 bits per heavy atom. The zero-order chi connectivity index (χ0) is 14.5. The van der Waals surface area contributed by atoms with Crippen LogP contribution in [0.3, 0.4) is 0 Å². The molecule has 5 heteroatoms. The molecule has 3 nitrogen and oxygen atoms in total. The van der Waals surface area contributed by atoms with E-state index in [1.54, 1.807) is 12.1 Å². The maximum absolute atomic E-state index is 13.3. The van der Waals surface area contributed by atoms with Crippen LogP contribution in [0, 0.1) is 5.82 Å². The summed E-state index contributed by atoms with van der Waals surface area (Å²) in [6, 6.07) is 8.13. The van der Waals surface area contributed by atoms with Crippen molar-refractivity contribution in [2.75, 3.05) is 0 Å². The Hall–Kier alpha value is -1.46. The van der Waals surface area contributed by atoms with E-state index in [0.29, 0.717) is 22.6 Å². The molecule has 1 heterocycles. The lowest BCUT2D eigenvalue weighted by Crippen LogP contribution is -2.01. The van der Waals surface area contributed by atoms with Crippen molar-refractivity contribution >= 4 is 15.9 Å². The fraction of sp³-hybridized carbons (Fsp3) is 0.267. The molecule has 0 radical (unpaired) electrons. The van der Waals surface area contributed by atoms with Gasteiger partial charge < -0.3 is 10.5 Å². The Kier molecular flexibility index (Phi) is 5.09. The quantitative estimate of drug-likeness (QED) is 0.889. The number of nitrogens with zero attached hydrogens (tertiary/aromatic N) is 1. The average molecular weight is 339 g/mol. The predicted molar refractivity (Wildman–Crippen MR) is 80.3 cm³/mol. The average Bonchev–Trinajstić information content (AvgIpc) is 2.37. The van der Waals surface area contributed by atoms with E-state index in [1.165, 1.54) is 12.1 Å². The second-order valence-corrected chi connectivity index (χ2v) is 5.38. The van der Waals surface area contributed by atoms with Crippen molar-refractivity contribution in [2.45, 2.75) is 26.3 Å². The largest absolute Gasteiger partial charge is 0.439 e. The topological polar surface area (TPSA) is 48.1 Å².